The summed E-state index contributed by atoms with van der Waals surface area (Å²) in [6.07, 6.45) is 2.92. The van der Waals surface area contributed by atoms with Crippen molar-refractivity contribution in [2.45, 2.75) is 62.6 Å². The molecule has 1 amide bonds. The molecule has 2 heterocycles. The van der Waals surface area contributed by atoms with E-state index < -0.39 is 34.9 Å². The molecule has 35 heavy (non-hydrogen) atoms. The number of ether oxygens (including phenoxy) is 3. The minimum Gasteiger partial charge on any atom is -0.507 e. The minimum absolute atomic E-state index is 0.140. The number of aromatic hydroxyl groups is 1. The van der Waals surface area contributed by atoms with Gasteiger partial charge in [-0.15, -0.1) is 0 Å². The Hall–Kier alpha value is -2.91. The van der Waals surface area contributed by atoms with Crippen LogP contribution in [0.15, 0.2) is 42.5 Å². The summed E-state index contributed by atoms with van der Waals surface area (Å²) in [5.74, 6) is -0.121. The van der Waals surface area contributed by atoms with Crippen LogP contribution in [0.3, 0.4) is 0 Å². The molecule has 2 aromatic carbocycles. The number of hydrogen-bond donors (Lipinski definition) is 4. The van der Waals surface area contributed by atoms with Gasteiger partial charge in [-0.05, 0) is 63.4 Å². The summed E-state index contributed by atoms with van der Waals surface area (Å²) in [7, 11) is 2.87. The summed E-state index contributed by atoms with van der Waals surface area (Å²) < 4.78 is 16.8. The first-order valence-electron chi connectivity index (χ1n) is 11.6. The van der Waals surface area contributed by atoms with E-state index in [4.69, 9.17) is 14.2 Å². The molecule has 2 unspecified atom stereocenters. The lowest BCUT2D eigenvalue weighted by Crippen LogP contribution is -2.52. The molecule has 0 aromatic heterocycles. The maximum Gasteiger partial charge on any atom is 0.257 e. The third kappa shape index (κ3) is 4.31. The van der Waals surface area contributed by atoms with E-state index in [1.54, 1.807) is 42.5 Å². The number of phenolic OH excluding ortho intramolecular Hbond substituents is 1. The van der Waals surface area contributed by atoms with Crippen LogP contribution < -0.4 is 10.1 Å². The molecule has 4 atom stereocenters. The van der Waals surface area contributed by atoms with Crippen LogP contribution in [-0.4, -0.2) is 58.9 Å². The Morgan fingerprint density at radius 2 is 1.80 bits per heavy atom. The average Bonchev–Trinajstić information content (AvgIpc) is 2.81. The SMILES string of the molecule is COc1ccc([C@@]2(O)c3c(ccc(/C=C/C4(C)CCC(O)C(C)(C)O4)c3O)NC(=O)[C@@H]2OC)cc1. The van der Waals surface area contributed by atoms with E-state index in [2.05, 4.69) is 5.32 Å². The summed E-state index contributed by atoms with van der Waals surface area (Å²) >= 11 is 0. The number of amides is 1. The van der Waals surface area contributed by atoms with E-state index >= 15 is 0 Å². The summed E-state index contributed by atoms with van der Waals surface area (Å²) in [5, 5.41) is 36.3. The molecule has 188 valence electrons. The molecule has 0 radical (unpaired) electrons. The predicted molar refractivity (Wildman–Crippen MR) is 131 cm³/mol. The lowest BCUT2D eigenvalue weighted by Gasteiger charge is -2.45. The Bertz CT molecular complexity index is 1140. The van der Waals surface area contributed by atoms with E-state index in [9.17, 15) is 20.1 Å². The average molecular weight is 484 g/mol. The van der Waals surface area contributed by atoms with Crippen molar-refractivity contribution in [2.75, 3.05) is 19.5 Å². The number of anilines is 1. The first kappa shape index (κ1) is 25.2. The number of phenols is 1. The molecule has 2 aromatic rings. The zero-order valence-corrected chi connectivity index (χ0v) is 20.7. The Kier molecular flexibility index (Phi) is 6.44. The molecule has 8 nitrogen and oxygen atoms in total. The van der Waals surface area contributed by atoms with Crippen LogP contribution in [0.1, 0.15) is 50.3 Å². The van der Waals surface area contributed by atoms with Gasteiger partial charge in [0.15, 0.2) is 11.7 Å². The van der Waals surface area contributed by atoms with Crippen molar-refractivity contribution in [3.63, 3.8) is 0 Å². The number of rotatable bonds is 5. The number of hydrogen-bond acceptors (Lipinski definition) is 7. The maximum absolute atomic E-state index is 12.8. The van der Waals surface area contributed by atoms with E-state index in [-0.39, 0.29) is 11.3 Å². The highest BCUT2D eigenvalue weighted by atomic mass is 16.5. The largest absolute Gasteiger partial charge is 0.507 e. The Balaban J connectivity index is 1.80. The highest BCUT2D eigenvalue weighted by molar-refractivity contribution is 6.00. The zero-order valence-electron chi connectivity index (χ0n) is 20.7. The highest BCUT2D eigenvalue weighted by Gasteiger charge is 2.51. The number of benzene rings is 2. The molecule has 0 spiro atoms. The minimum atomic E-state index is -1.95. The van der Waals surface area contributed by atoms with Gasteiger partial charge in [0.25, 0.3) is 5.91 Å². The van der Waals surface area contributed by atoms with E-state index in [1.165, 1.54) is 14.2 Å². The number of carbonyl (C=O) groups excluding carboxylic acids is 1. The maximum atomic E-state index is 12.8. The van der Waals surface area contributed by atoms with Crippen LogP contribution in [0.4, 0.5) is 5.69 Å². The monoisotopic (exact) mass is 483 g/mol. The summed E-state index contributed by atoms with van der Waals surface area (Å²) in [4.78, 5) is 12.8. The lowest BCUT2D eigenvalue weighted by molar-refractivity contribution is -0.195. The molecule has 1 fully saturated rings. The van der Waals surface area contributed by atoms with Crippen LogP contribution >= 0.6 is 0 Å². The number of aliphatic hydroxyl groups excluding tert-OH is 1. The van der Waals surface area contributed by atoms with Crippen LogP contribution in [0.25, 0.3) is 6.08 Å². The number of carbonyl (C=O) groups is 1. The Morgan fingerprint density at radius 1 is 1.11 bits per heavy atom. The van der Waals surface area contributed by atoms with Crippen LogP contribution in [-0.2, 0) is 19.9 Å². The molecular weight excluding hydrogens is 450 g/mol. The molecule has 0 aliphatic carbocycles. The van der Waals surface area contributed by atoms with Crippen molar-refractivity contribution in [2.24, 2.45) is 0 Å². The van der Waals surface area contributed by atoms with Gasteiger partial charge in [-0.3, -0.25) is 4.79 Å². The van der Waals surface area contributed by atoms with E-state index in [1.807, 2.05) is 26.8 Å². The normalized spacial score (nSPS) is 30.1. The fourth-order valence-corrected chi connectivity index (χ4v) is 5.04. The quantitative estimate of drug-likeness (QED) is 0.515. The zero-order chi connectivity index (χ0) is 25.6. The van der Waals surface area contributed by atoms with Gasteiger partial charge in [0.05, 0.1) is 35.7 Å². The second kappa shape index (κ2) is 8.95. The number of fused-ring (bicyclic) bond motifs is 1. The third-order valence-corrected chi connectivity index (χ3v) is 7.06. The molecule has 4 N–H and O–H groups in total. The highest BCUT2D eigenvalue weighted by Crippen LogP contribution is 2.48. The van der Waals surface area contributed by atoms with Crippen molar-refractivity contribution >= 4 is 17.7 Å². The van der Waals surface area contributed by atoms with Gasteiger partial charge in [-0.2, -0.15) is 0 Å². The number of aliphatic hydroxyl groups is 2. The van der Waals surface area contributed by atoms with E-state index in [0.717, 1.165) is 0 Å². The topological polar surface area (TPSA) is 117 Å². The third-order valence-electron chi connectivity index (χ3n) is 7.06. The predicted octanol–water partition coefficient (Wildman–Crippen LogP) is 3.33. The number of methoxy groups -OCH3 is 2. The molecule has 1 saturated heterocycles. The van der Waals surface area contributed by atoms with Gasteiger partial charge >= 0.3 is 0 Å². The molecule has 4 rings (SSSR count). The lowest BCUT2D eigenvalue weighted by atomic mass is 9.76. The molecule has 8 heteroatoms. The van der Waals surface area contributed by atoms with Gasteiger partial charge in [-0.25, -0.2) is 0 Å². The first-order chi connectivity index (χ1) is 16.4. The van der Waals surface area contributed by atoms with Crippen LogP contribution in [0.5, 0.6) is 11.5 Å². The smallest absolute Gasteiger partial charge is 0.257 e. The second-order valence-corrected chi connectivity index (χ2v) is 9.93. The van der Waals surface area contributed by atoms with Gasteiger partial charge in [-0.1, -0.05) is 24.3 Å². The van der Waals surface area contributed by atoms with Crippen molar-refractivity contribution in [3.05, 3.63) is 59.2 Å². The Labute approximate surface area is 205 Å². The summed E-state index contributed by atoms with van der Waals surface area (Å²) in [6.45, 7) is 5.63. The van der Waals surface area contributed by atoms with E-state index in [0.29, 0.717) is 35.4 Å². The van der Waals surface area contributed by atoms with Gasteiger partial charge in [0, 0.05) is 12.7 Å². The summed E-state index contributed by atoms with van der Waals surface area (Å²) in [6, 6.07) is 9.93. The molecule has 0 saturated carbocycles. The van der Waals surface area contributed by atoms with Crippen LogP contribution in [0, 0.1) is 0 Å². The van der Waals surface area contributed by atoms with Crippen molar-refractivity contribution in [3.8, 4) is 11.5 Å². The van der Waals surface area contributed by atoms with Crippen molar-refractivity contribution in [1.29, 1.82) is 0 Å². The van der Waals surface area contributed by atoms with Gasteiger partial charge < -0.3 is 34.8 Å². The molecule has 2 aliphatic rings. The molecular formula is C27H33NO7. The van der Waals surface area contributed by atoms with Crippen LogP contribution in [0.2, 0.25) is 0 Å². The van der Waals surface area contributed by atoms with Crippen molar-refractivity contribution < 1.29 is 34.3 Å². The van der Waals surface area contributed by atoms with Crippen molar-refractivity contribution in [1.82, 2.24) is 0 Å². The van der Waals surface area contributed by atoms with Gasteiger partial charge in [0.2, 0.25) is 0 Å². The fraction of sp³-hybridized carbons (Fsp3) is 0.444. The number of nitrogens with one attached hydrogen (secondary N) is 1. The second-order valence-electron chi connectivity index (χ2n) is 9.93. The molecule has 2 aliphatic heterocycles. The van der Waals surface area contributed by atoms with Gasteiger partial charge in [0.1, 0.15) is 11.5 Å². The first-order valence-corrected chi connectivity index (χ1v) is 11.6. The Morgan fingerprint density at radius 3 is 2.40 bits per heavy atom. The standard InChI is InChI=1S/C27H33NO7/c1-25(2)20(29)13-15-26(3,35-25)14-12-16-6-11-19-21(22(16)30)27(32,23(34-5)24(31)28-19)17-7-9-18(33-4)10-8-17/h6-12,14,20,23,29-30,32H,13,15H2,1-5H3,(H,28,31)/b14-12+/t20?,23-,26?,27+/m0/s1. The summed E-state index contributed by atoms with van der Waals surface area (Å²) in [5.41, 5.74) is -2.07. The fourth-order valence-electron chi connectivity index (χ4n) is 5.04. The molecule has 0 bridgehead atoms.